The number of hydrogen-bond acceptors (Lipinski definition) is 2. The summed E-state index contributed by atoms with van der Waals surface area (Å²) in [7, 11) is 0. The van der Waals surface area contributed by atoms with Crippen molar-refractivity contribution in [1.82, 2.24) is 0 Å². The second kappa shape index (κ2) is 11.1. The van der Waals surface area contributed by atoms with E-state index < -0.39 is 0 Å². The topological polar surface area (TPSA) is 26.3 Å². The minimum Gasteiger partial charge on any atom is -0.465 e. The molecule has 0 heterocycles. The van der Waals surface area contributed by atoms with E-state index >= 15 is 0 Å². The Labute approximate surface area is 118 Å². The summed E-state index contributed by atoms with van der Waals surface area (Å²) in [5.41, 5.74) is 0. The van der Waals surface area contributed by atoms with Gasteiger partial charge >= 0.3 is 5.97 Å². The molecule has 1 aliphatic carbocycles. The van der Waals surface area contributed by atoms with Crippen LogP contribution in [0.3, 0.4) is 0 Å². The van der Waals surface area contributed by atoms with E-state index in [0.29, 0.717) is 6.61 Å². The highest BCUT2D eigenvalue weighted by molar-refractivity contribution is 5.72. The highest BCUT2D eigenvalue weighted by Gasteiger charge is 2.19. The average Bonchev–Trinajstić information content (AvgIpc) is 2.46. The minimum atomic E-state index is 0.0206. The fourth-order valence-corrected chi connectivity index (χ4v) is 2.53. The number of allylic oxidation sites excluding steroid dienone is 2. The number of hydrogen-bond donors (Lipinski definition) is 0. The van der Waals surface area contributed by atoms with Crippen LogP contribution < -0.4 is 0 Å². The number of ether oxygens (including phenoxy) is 1. The smallest absolute Gasteiger partial charge is 0.309 e. The Morgan fingerprint density at radius 2 is 1.74 bits per heavy atom. The summed E-state index contributed by atoms with van der Waals surface area (Å²) in [5.74, 6) is 0.145. The Balaban J connectivity index is 1.87. The highest BCUT2D eigenvalue weighted by atomic mass is 16.5. The van der Waals surface area contributed by atoms with Crippen LogP contribution in [-0.4, -0.2) is 12.6 Å². The Bertz CT molecular complexity index is 258. The van der Waals surface area contributed by atoms with E-state index in [0.717, 1.165) is 25.7 Å². The third-order valence-electron chi connectivity index (χ3n) is 3.84. The van der Waals surface area contributed by atoms with Crippen molar-refractivity contribution in [2.45, 2.75) is 77.6 Å². The van der Waals surface area contributed by atoms with E-state index in [1.165, 1.54) is 44.9 Å². The fraction of sp³-hybridized carbons (Fsp3) is 0.824. The van der Waals surface area contributed by atoms with E-state index in [4.69, 9.17) is 4.74 Å². The maximum absolute atomic E-state index is 11.7. The fourth-order valence-electron chi connectivity index (χ4n) is 2.53. The van der Waals surface area contributed by atoms with Gasteiger partial charge in [0.15, 0.2) is 0 Å². The van der Waals surface area contributed by atoms with Crippen molar-refractivity contribution in [2.24, 2.45) is 5.92 Å². The molecule has 0 saturated carbocycles. The summed E-state index contributed by atoms with van der Waals surface area (Å²) >= 11 is 0. The third kappa shape index (κ3) is 8.07. The summed E-state index contributed by atoms with van der Waals surface area (Å²) in [6.07, 6.45) is 17.4. The van der Waals surface area contributed by atoms with E-state index in [9.17, 15) is 4.79 Å². The van der Waals surface area contributed by atoms with Crippen molar-refractivity contribution in [1.29, 1.82) is 0 Å². The first-order chi connectivity index (χ1) is 9.34. The van der Waals surface area contributed by atoms with Crippen LogP contribution in [0.5, 0.6) is 0 Å². The monoisotopic (exact) mass is 266 g/mol. The van der Waals surface area contributed by atoms with Crippen LogP contribution in [0.2, 0.25) is 0 Å². The molecule has 0 N–H and O–H groups in total. The van der Waals surface area contributed by atoms with Gasteiger partial charge in [0.25, 0.3) is 0 Å². The van der Waals surface area contributed by atoms with Gasteiger partial charge in [0.2, 0.25) is 0 Å². The lowest BCUT2D eigenvalue weighted by Crippen LogP contribution is -2.19. The van der Waals surface area contributed by atoms with Gasteiger partial charge in [0.1, 0.15) is 0 Å². The van der Waals surface area contributed by atoms with Crippen LogP contribution in [0.4, 0.5) is 0 Å². The molecule has 1 atom stereocenters. The summed E-state index contributed by atoms with van der Waals surface area (Å²) in [6, 6.07) is 0. The maximum Gasteiger partial charge on any atom is 0.309 e. The van der Waals surface area contributed by atoms with Crippen molar-refractivity contribution in [3.8, 4) is 0 Å². The maximum atomic E-state index is 11.7. The SMILES string of the molecule is CCCCCCCCCCOC(=O)C1CC=CCC1. The summed E-state index contributed by atoms with van der Waals surface area (Å²) in [5, 5.41) is 0. The summed E-state index contributed by atoms with van der Waals surface area (Å²) in [6.45, 7) is 2.87. The highest BCUT2D eigenvalue weighted by Crippen LogP contribution is 2.19. The van der Waals surface area contributed by atoms with Gasteiger partial charge in [0.05, 0.1) is 12.5 Å². The molecule has 0 radical (unpaired) electrons. The quantitative estimate of drug-likeness (QED) is 0.315. The largest absolute Gasteiger partial charge is 0.465 e. The van der Waals surface area contributed by atoms with Crippen LogP contribution in [0.25, 0.3) is 0 Å². The van der Waals surface area contributed by atoms with E-state index in [-0.39, 0.29) is 11.9 Å². The molecule has 1 aliphatic rings. The van der Waals surface area contributed by atoms with Crippen molar-refractivity contribution in [2.75, 3.05) is 6.61 Å². The van der Waals surface area contributed by atoms with Crippen LogP contribution in [0.1, 0.15) is 77.6 Å². The van der Waals surface area contributed by atoms with Gasteiger partial charge in [-0.1, -0.05) is 64.0 Å². The molecular weight excluding hydrogens is 236 g/mol. The van der Waals surface area contributed by atoms with Gasteiger partial charge in [-0.05, 0) is 25.7 Å². The number of unbranched alkanes of at least 4 members (excludes halogenated alkanes) is 7. The molecule has 0 aliphatic heterocycles. The lowest BCUT2D eigenvalue weighted by Gasteiger charge is -2.16. The van der Waals surface area contributed by atoms with Crippen molar-refractivity contribution < 1.29 is 9.53 Å². The molecule has 0 bridgehead atoms. The van der Waals surface area contributed by atoms with Crippen molar-refractivity contribution in [3.63, 3.8) is 0 Å². The molecule has 0 saturated heterocycles. The molecule has 110 valence electrons. The molecule has 0 amide bonds. The molecule has 0 aromatic heterocycles. The van der Waals surface area contributed by atoms with E-state index in [1.807, 2.05) is 0 Å². The Hall–Kier alpha value is -0.790. The third-order valence-corrected chi connectivity index (χ3v) is 3.84. The molecule has 0 fully saturated rings. The molecule has 0 aromatic carbocycles. The van der Waals surface area contributed by atoms with Gasteiger partial charge in [-0.25, -0.2) is 0 Å². The number of carbonyl (C=O) groups excluding carboxylic acids is 1. The van der Waals surface area contributed by atoms with Gasteiger partial charge in [-0.15, -0.1) is 0 Å². The first-order valence-corrected chi connectivity index (χ1v) is 8.16. The van der Waals surface area contributed by atoms with Gasteiger partial charge in [-0.3, -0.25) is 4.79 Å². The van der Waals surface area contributed by atoms with Crippen LogP contribution in [0, 0.1) is 5.92 Å². The van der Waals surface area contributed by atoms with E-state index in [1.54, 1.807) is 0 Å². The number of esters is 1. The van der Waals surface area contributed by atoms with Gasteiger partial charge in [0, 0.05) is 0 Å². The average molecular weight is 266 g/mol. The molecule has 19 heavy (non-hydrogen) atoms. The van der Waals surface area contributed by atoms with Crippen molar-refractivity contribution in [3.05, 3.63) is 12.2 Å². The summed E-state index contributed by atoms with van der Waals surface area (Å²) < 4.78 is 5.35. The standard InChI is InChI=1S/C17H30O2/c1-2-3-4-5-6-7-8-12-15-19-17(18)16-13-10-9-11-14-16/h9-10,16H,2-8,11-15H2,1H3. The molecule has 0 aromatic rings. The Morgan fingerprint density at radius 3 is 2.37 bits per heavy atom. The molecule has 1 unspecified atom stereocenters. The normalized spacial score (nSPS) is 18.5. The van der Waals surface area contributed by atoms with Crippen LogP contribution in [-0.2, 0) is 9.53 Å². The molecule has 2 nitrogen and oxygen atoms in total. The van der Waals surface area contributed by atoms with E-state index in [2.05, 4.69) is 19.1 Å². The van der Waals surface area contributed by atoms with Gasteiger partial charge in [-0.2, -0.15) is 0 Å². The zero-order valence-electron chi connectivity index (χ0n) is 12.5. The van der Waals surface area contributed by atoms with Crippen molar-refractivity contribution >= 4 is 5.97 Å². The first kappa shape index (κ1) is 16.3. The molecule has 2 heteroatoms. The Morgan fingerprint density at radius 1 is 1.05 bits per heavy atom. The lowest BCUT2D eigenvalue weighted by molar-refractivity contribution is -0.148. The second-order valence-electron chi connectivity index (χ2n) is 5.62. The lowest BCUT2D eigenvalue weighted by atomic mass is 9.95. The first-order valence-electron chi connectivity index (χ1n) is 8.16. The molecule has 0 spiro atoms. The number of carbonyl (C=O) groups is 1. The minimum absolute atomic E-state index is 0.0206. The molecule has 1 rings (SSSR count). The summed E-state index contributed by atoms with van der Waals surface area (Å²) in [4.78, 5) is 11.7. The van der Waals surface area contributed by atoms with Crippen LogP contribution in [0.15, 0.2) is 12.2 Å². The number of rotatable bonds is 10. The predicted molar refractivity (Wildman–Crippen MR) is 80.1 cm³/mol. The second-order valence-corrected chi connectivity index (χ2v) is 5.62. The predicted octanol–water partition coefficient (Wildman–Crippen LogP) is 5.03. The zero-order chi connectivity index (χ0) is 13.8. The zero-order valence-corrected chi connectivity index (χ0v) is 12.5. The molecular formula is C17H30O2. The Kier molecular flexibility index (Phi) is 9.48. The van der Waals surface area contributed by atoms with Gasteiger partial charge < -0.3 is 4.74 Å². The van der Waals surface area contributed by atoms with Crippen LogP contribution >= 0.6 is 0 Å².